The lowest BCUT2D eigenvalue weighted by Gasteiger charge is -2.07. The Labute approximate surface area is 157 Å². The summed E-state index contributed by atoms with van der Waals surface area (Å²) in [6.07, 6.45) is 4.72. The van der Waals surface area contributed by atoms with Gasteiger partial charge in [-0.15, -0.1) is 5.10 Å². The van der Waals surface area contributed by atoms with Crippen LogP contribution in [0.1, 0.15) is 12.8 Å². The summed E-state index contributed by atoms with van der Waals surface area (Å²) in [5, 5.41) is 8.59. The number of epoxide rings is 1. The van der Waals surface area contributed by atoms with Gasteiger partial charge >= 0.3 is 0 Å². The molecule has 1 aliphatic heterocycles. The number of hydrogen-bond acceptors (Lipinski definition) is 5. The number of nitrogens with zero attached hydrogens (tertiary/aromatic N) is 3. The molecular formula is C21H21N3O3. The van der Waals surface area contributed by atoms with E-state index in [1.807, 2.05) is 54.7 Å². The third-order valence-electron chi connectivity index (χ3n) is 4.73. The first-order chi connectivity index (χ1) is 13.3. The van der Waals surface area contributed by atoms with E-state index in [2.05, 4.69) is 10.3 Å². The molecular weight excluding hydrogens is 342 g/mol. The number of benzene rings is 2. The highest BCUT2D eigenvalue weighted by atomic mass is 16.6. The van der Waals surface area contributed by atoms with E-state index < -0.39 is 0 Å². The van der Waals surface area contributed by atoms with E-state index >= 15 is 0 Å². The Morgan fingerprint density at radius 2 is 1.78 bits per heavy atom. The molecule has 0 N–H and O–H groups in total. The van der Waals surface area contributed by atoms with Crippen LogP contribution in [0.5, 0.6) is 11.5 Å². The summed E-state index contributed by atoms with van der Waals surface area (Å²) in [6, 6.07) is 15.8. The van der Waals surface area contributed by atoms with E-state index in [1.165, 1.54) is 12.8 Å². The third-order valence-corrected chi connectivity index (χ3v) is 4.73. The van der Waals surface area contributed by atoms with Crippen LogP contribution < -0.4 is 9.47 Å². The molecule has 27 heavy (non-hydrogen) atoms. The maximum absolute atomic E-state index is 5.86. The number of rotatable bonds is 8. The molecule has 6 nitrogen and oxygen atoms in total. The first-order valence-electron chi connectivity index (χ1n) is 9.34. The number of hydrogen-bond donors (Lipinski definition) is 0. The molecule has 1 unspecified atom stereocenters. The molecule has 0 radical (unpaired) electrons. The largest absolute Gasteiger partial charge is 0.493 e. The molecule has 3 aromatic rings. The molecule has 1 aliphatic carbocycles. The molecule has 1 atom stereocenters. The molecule has 2 heterocycles. The summed E-state index contributed by atoms with van der Waals surface area (Å²) >= 11 is 0. The summed E-state index contributed by atoms with van der Waals surface area (Å²) in [5.41, 5.74) is 2.70. The Balaban J connectivity index is 1.31. The molecule has 0 bridgehead atoms. The van der Waals surface area contributed by atoms with Gasteiger partial charge in [-0.3, -0.25) is 0 Å². The Morgan fingerprint density at radius 3 is 2.59 bits per heavy atom. The fraction of sp³-hybridized carbons (Fsp3) is 0.333. The molecule has 2 aliphatic rings. The van der Waals surface area contributed by atoms with Gasteiger partial charge in [0.25, 0.3) is 0 Å². The predicted molar refractivity (Wildman–Crippen MR) is 100 cm³/mol. The molecule has 1 saturated carbocycles. The van der Waals surface area contributed by atoms with E-state index in [1.54, 1.807) is 4.68 Å². The van der Waals surface area contributed by atoms with Gasteiger partial charge in [0.15, 0.2) is 0 Å². The van der Waals surface area contributed by atoms with Crippen molar-refractivity contribution in [1.29, 1.82) is 0 Å². The van der Waals surface area contributed by atoms with E-state index in [0.29, 0.717) is 6.61 Å². The van der Waals surface area contributed by atoms with Crippen molar-refractivity contribution in [2.45, 2.75) is 18.9 Å². The molecule has 6 heteroatoms. The second kappa shape index (κ2) is 7.04. The van der Waals surface area contributed by atoms with Gasteiger partial charge in [0.1, 0.15) is 29.9 Å². The second-order valence-corrected chi connectivity index (χ2v) is 7.09. The van der Waals surface area contributed by atoms with Crippen molar-refractivity contribution in [2.75, 3.05) is 19.8 Å². The molecule has 2 aromatic carbocycles. The standard InChI is InChI=1S/C21H21N3O3/c1-3-16(9-18(5-1)26-13-20-14-27-20)21-11-24(23-22-21)17-4-2-6-19(10-17)25-12-15-7-8-15/h1-6,9-11,15,20H,7-8,12-14H2. The minimum Gasteiger partial charge on any atom is -0.493 e. The van der Waals surface area contributed by atoms with Crippen molar-refractivity contribution in [3.8, 4) is 28.4 Å². The fourth-order valence-corrected chi connectivity index (χ4v) is 2.84. The molecule has 0 amide bonds. The Hall–Kier alpha value is -2.86. The van der Waals surface area contributed by atoms with E-state index in [0.717, 1.165) is 47.6 Å². The topological polar surface area (TPSA) is 61.7 Å². The first kappa shape index (κ1) is 16.3. The van der Waals surface area contributed by atoms with Gasteiger partial charge in [0, 0.05) is 11.6 Å². The minimum absolute atomic E-state index is 0.240. The van der Waals surface area contributed by atoms with Crippen LogP contribution >= 0.6 is 0 Å². The van der Waals surface area contributed by atoms with Gasteiger partial charge < -0.3 is 14.2 Å². The average molecular weight is 363 g/mol. The molecule has 2 fully saturated rings. The summed E-state index contributed by atoms with van der Waals surface area (Å²) in [4.78, 5) is 0. The second-order valence-electron chi connectivity index (χ2n) is 7.09. The van der Waals surface area contributed by atoms with Crippen LogP contribution in [0.2, 0.25) is 0 Å². The Kier molecular flexibility index (Phi) is 4.26. The quantitative estimate of drug-likeness (QED) is 0.573. The van der Waals surface area contributed by atoms with Crippen LogP contribution in [0.15, 0.2) is 54.7 Å². The first-order valence-corrected chi connectivity index (χ1v) is 9.34. The van der Waals surface area contributed by atoms with E-state index in [4.69, 9.17) is 14.2 Å². The van der Waals surface area contributed by atoms with Crippen molar-refractivity contribution in [3.05, 3.63) is 54.7 Å². The van der Waals surface area contributed by atoms with Gasteiger partial charge in [0.2, 0.25) is 0 Å². The van der Waals surface area contributed by atoms with E-state index in [-0.39, 0.29) is 6.10 Å². The fourth-order valence-electron chi connectivity index (χ4n) is 2.84. The average Bonchev–Trinajstić information content (AvgIpc) is 3.64. The molecule has 1 aromatic heterocycles. The van der Waals surface area contributed by atoms with Crippen LogP contribution in [0.4, 0.5) is 0 Å². The predicted octanol–water partition coefficient (Wildman–Crippen LogP) is 3.50. The van der Waals surface area contributed by atoms with Gasteiger partial charge in [-0.05, 0) is 43.0 Å². The van der Waals surface area contributed by atoms with Gasteiger partial charge in [-0.1, -0.05) is 23.4 Å². The van der Waals surface area contributed by atoms with Crippen LogP contribution in [-0.2, 0) is 4.74 Å². The van der Waals surface area contributed by atoms with Gasteiger partial charge in [-0.2, -0.15) is 0 Å². The maximum atomic E-state index is 5.86. The lowest BCUT2D eigenvalue weighted by molar-refractivity contribution is 0.263. The summed E-state index contributed by atoms with van der Waals surface area (Å²) < 4.78 is 18.6. The Bertz CT molecular complexity index is 858. The van der Waals surface area contributed by atoms with Crippen molar-refractivity contribution in [1.82, 2.24) is 15.0 Å². The van der Waals surface area contributed by atoms with Crippen LogP contribution in [-0.4, -0.2) is 40.9 Å². The number of ether oxygens (including phenoxy) is 3. The molecule has 5 rings (SSSR count). The highest BCUT2D eigenvalue weighted by Crippen LogP contribution is 2.30. The zero-order valence-corrected chi connectivity index (χ0v) is 15.0. The lowest BCUT2D eigenvalue weighted by Crippen LogP contribution is -2.03. The normalized spacial score (nSPS) is 18.3. The summed E-state index contributed by atoms with van der Waals surface area (Å²) in [6.45, 7) is 2.17. The summed E-state index contributed by atoms with van der Waals surface area (Å²) in [5.74, 6) is 2.41. The number of aromatic nitrogens is 3. The molecule has 1 saturated heterocycles. The summed E-state index contributed by atoms with van der Waals surface area (Å²) in [7, 11) is 0. The highest BCUT2D eigenvalue weighted by molar-refractivity contribution is 5.60. The van der Waals surface area contributed by atoms with Gasteiger partial charge in [-0.25, -0.2) is 4.68 Å². The zero-order chi connectivity index (χ0) is 18.1. The Morgan fingerprint density at radius 1 is 1.00 bits per heavy atom. The smallest absolute Gasteiger partial charge is 0.121 e. The minimum atomic E-state index is 0.240. The SMILES string of the molecule is c1cc(OCC2CO2)cc(-c2cn(-c3cccc(OCC4CC4)c3)nn2)c1. The monoisotopic (exact) mass is 363 g/mol. The van der Waals surface area contributed by atoms with Crippen molar-refractivity contribution >= 4 is 0 Å². The van der Waals surface area contributed by atoms with E-state index in [9.17, 15) is 0 Å². The third kappa shape index (κ3) is 4.11. The highest BCUT2D eigenvalue weighted by Gasteiger charge is 2.23. The maximum Gasteiger partial charge on any atom is 0.121 e. The van der Waals surface area contributed by atoms with Crippen molar-refractivity contribution < 1.29 is 14.2 Å². The molecule has 138 valence electrons. The zero-order valence-electron chi connectivity index (χ0n) is 15.0. The van der Waals surface area contributed by atoms with Crippen LogP contribution in [0, 0.1) is 5.92 Å². The lowest BCUT2D eigenvalue weighted by atomic mass is 10.1. The molecule has 0 spiro atoms. The van der Waals surface area contributed by atoms with Crippen LogP contribution in [0.25, 0.3) is 16.9 Å². The van der Waals surface area contributed by atoms with Crippen LogP contribution in [0.3, 0.4) is 0 Å². The van der Waals surface area contributed by atoms with Gasteiger partial charge in [0.05, 0.1) is 25.1 Å². The van der Waals surface area contributed by atoms with Crippen molar-refractivity contribution in [3.63, 3.8) is 0 Å². The van der Waals surface area contributed by atoms with Crippen molar-refractivity contribution in [2.24, 2.45) is 5.92 Å².